The van der Waals surface area contributed by atoms with Gasteiger partial charge in [-0.15, -0.1) is 0 Å². The second-order valence-electron chi connectivity index (χ2n) is 4.96. The Balaban J connectivity index is 1.88. The van der Waals surface area contributed by atoms with Gasteiger partial charge in [-0.25, -0.2) is 0 Å². The zero-order valence-corrected chi connectivity index (χ0v) is 10.3. The first-order chi connectivity index (χ1) is 8.84. The number of fused-ring (bicyclic) bond motifs is 1. The molecule has 0 saturated carbocycles. The van der Waals surface area contributed by atoms with E-state index in [-0.39, 0.29) is 6.04 Å². The summed E-state index contributed by atoms with van der Waals surface area (Å²) >= 11 is 0. The van der Waals surface area contributed by atoms with E-state index in [1.807, 2.05) is 30.3 Å². The minimum Gasteiger partial charge on any atom is -0.387 e. The lowest BCUT2D eigenvalue weighted by Crippen LogP contribution is -2.38. The normalized spacial score (nSPS) is 21.9. The molecule has 2 atom stereocenters. The minimum atomic E-state index is -0.421. The minimum absolute atomic E-state index is 0.188. The van der Waals surface area contributed by atoms with Gasteiger partial charge in [-0.1, -0.05) is 18.6 Å². The van der Waals surface area contributed by atoms with E-state index < -0.39 is 6.10 Å². The molecule has 0 radical (unpaired) electrons. The molecule has 3 nitrogen and oxygen atoms in total. The van der Waals surface area contributed by atoms with Gasteiger partial charge in [0.05, 0.1) is 11.6 Å². The van der Waals surface area contributed by atoms with Crippen molar-refractivity contribution in [1.82, 2.24) is 10.3 Å². The molecule has 2 aromatic rings. The van der Waals surface area contributed by atoms with Crippen LogP contribution in [0.25, 0.3) is 10.9 Å². The molecule has 1 aromatic carbocycles. The number of benzene rings is 1. The summed E-state index contributed by atoms with van der Waals surface area (Å²) in [4.78, 5) is 4.30. The maximum Gasteiger partial charge on any atom is 0.0943 e. The van der Waals surface area contributed by atoms with E-state index in [2.05, 4.69) is 10.3 Å². The smallest absolute Gasteiger partial charge is 0.0943 e. The molecule has 1 aliphatic heterocycles. The molecule has 3 heteroatoms. The predicted octanol–water partition coefficient (Wildman–Crippen LogP) is 2.41. The average molecular weight is 242 g/mol. The molecule has 94 valence electrons. The fraction of sp³-hybridized carbons (Fsp3) is 0.400. The van der Waals surface area contributed by atoms with Crippen LogP contribution in [0.5, 0.6) is 0 Å². The van der Waals surface area contributed by atoms with Crippen LogP contribution in [0.1, 0.15) is 30.9 Å². The lowest BCUT2D eigenvalue weighted by molar-refractivity contribution is 0.114. The number of rotatable bonds is 2. The Kier molecular flexibility index (Phi) is 3.26. The summed E-state index contributed by atoms with van der Waals surface area (Å²) < 4.78 is 0. The highest BCUT2D eigenvalue weighted by atomic mass is 16.3. The van der Waals surface area contributed by atoms with Crippen LogP contribution in [0.2, 0.25) is 0 Å². The van der Waals surface area contributed by atoms with Crippen molar-refractivity contribution < 1.29 is 5.11 Å². The second-order valence-corrected chi connectivity index (χ2v) is 4.96. The number of aliphatic hydroxyl groups excluding tert-OH is 1. The molecule has 0 spiro atoms. The number of hydrogen-bond donors (Lipinski definition) is 2. The number of piperidine rings is 1. The summed E-state index contributed by atoms with van der Waals surface area (Å²) in [6.45, 7) is 1.01. The molecule has 3 rings (SSSR count). The number of pyridine rings is 1. The van der Waals surface area contributed by atoms with Crippen LogP contribution in [-0.2, 0) is 0 Å². The zero-order valence-electron chi connectivity index (χ0n) is 10.3. The van der Waals surface area contributed by atoms with Crippen molar-refractivity contribution in [2.24, 2.45) is 0 Å². The van der Waals surface area contributed by atoms with E-state index in [4.69, 9.17) is 0 Å². The van der Waals surface area contributed by atoms with Crippen LogP contribution in [0.15, 0.2) is 36.5 Å². The molecule has 0 aliphatic carbocycles. The standard InChI is InChI=1S/C15H18N2O/c18-15(14-5-1-2-8-17-14)12-6-7-13-11(10-12)4-3-9-16-13/h3-4,6-7,9-10,14-15,17-18H,1-2,5,8H2. The van der Waals surface area contributed by atoms with Crippen LogP contribution in [0, 0.1) is 0 Å². The van der Waals surface area contributed by atoms with Gasteiger partial charge in [0.2, 0.25) is 0 Å². The first kappa shape index (κ1) is 11.6. The van der Waals surface area contributed by atoms with Crippen LogP contribution in [0.3, 0.4) is 0 Å². The van der Waals surface area contributed by atoms with Crippen molar-refractivity contribution >= 4 is 10.9 Å². The van der Waals surface area contributed by atoms with Gasteiger partial charge in [-0.3, -0.25) is 4.98 Å². The Bertz CT molecular complexity index is 535. The third-order valence-corrected chi connectivity index (χ3v) is 3.70. The molecule has 18 heavy (non-hydrogen) atoms. The van der Waals surface area contributed by atoms with Crippen molar-refractivity contribution in [3.63, 3.8) is 0 Å². The molecule has 1 aliphatic rings. The molecule has 2 heterocycles. The number of hydrogen-bond acceptors (Lipinski definition) is 3. The number of nitrogens with zero attached hydrogens (tertiary/aromatic N) is 1. The van der Waals surface area contributed by atoms with Crippen molar-refractivity contribution in [3.05, 3.63) is 42.1 Å². The Morgan fingerprint density at radius 2 is 2.22 bits per heavy atom. The molecular weight excluding hydrogens is 224 g/mol. The lowest BCUT2D eigenvalue weighted by atomic mass is 9.94. The Labute approximate surface area is 107 Å². The van der Waals surface area contributed by atoms with E-state index in [1.54, 1.807) is 6.20 Å². The average Bonchev–Trinajstić information content (AvgIpc) is 2.47. The molecule has 0 bridgehead atoms. The highest BCUT2D eigenvalue weighted by Gasteiger charge is 2.22. The van der Waals surface area contributed by atoms with Crippen molar-refractivity contribution in [1.29, 1.82) is 0 Å². The van der Waals surface area contributed by atoms with Gasteiger partial charge in [0.1, 0.15) is 0 Å². The fourth-order valence-corrected chi connectivity index (χ4v) is 2.66. The highest BCUT2D eigenvalue weighted by Crippen LogP contribution is 2.25. The van der Waals surface area contributed by atoms with Crippen molar-refractivity contribution in [2.45, 2.75) is 31.4 Å². The van der Waals surface area contributed by atoms with Gasteiger partial charge in [0.15, 0.2) is 0 Å². The Hall–Kier alpha value is -1.45. The molecule has 2 N–H and O–H groups in total. The van der Waals surface area contributed by atoms with Crippen LogP contribution in [-0.4, -0.2) is 22.7 Å². The third kappa shape index (κ3) is 2.24. The monoisotopic (exact) mass is 242 g/mol. The van der Waals surface area contributed by atoms with Crippen LogP contribution in [0.4, 0.5) is 0 Å². The zero-order chi connectivity index (χ0) is 12.4. The number of aliphatic hydroxyl groups is 1. The molecule has 1 aromatic heterocycles. The van der Waals surface area contributed by atoms with Crippen molar-refractivity contribution in [2.75, 3.05) is 6.54 Å². The van der Waals surface area contributed by atoms with Crippen LogP contribution < -0.4 is 5.32 Å². The van der Waals surface area contributed by atoms with Gasteiger partial charge in [0.25, 0.3) is 0 Å². The number of nitrogens with one attached hydrogen (secondary N) is 1. The van der Waals surface area contributed by atoms with Gasteiger partial charge in [-0.05, 0) is 43.1 Å². The van der Waals surface area contributed by atoms with E-state index in [1.165, 1.54) is 12.8 Å². The summed E-state index contributed by atoms with van der Waals surface area (Å²) in [5, 5.41) is 14.9. The van der Waals surface area contributed by atoms with Gasteiger partial charge in [0, 0.05) is 17.6 Å². The topological polar surface area (TPSA) is 45.2 Å². The lowest BCUT2D eigenvalue weighted by Gasteiger charge is -2.28. The quantitative estimate of drug-likeness (QED) is 0.850. The van der Waals surface area contributed by atoms with Gasteiger partial charge < -0.3 is 10.4 Å². The highest BCUT2D eigenvalue weighted by molar-refractivity contribution is 5.79. The summed E-state index contributed by atoms with van der Waals surface area (Å²) in [5.41, 5.74) is 1.96. The van der Waals surface area contributed by atoms with E-state index in [0.29, 0.717) is 0 Å². The van der Waals surface area contributed by atoms with E-state index in [0.717, 1.165) is 29.4 Å². The molecular formula is C15H18N2O. The van der Waals surface area contributed by atoms with Crippen molar-refractivity contribution in [3.8, 4) is 0 Å². The Morgan fingerprint density at radius 3 is 3.06 bits per heavy atom. The maximum atomic E-state index is 10.4. The summed E-state index contributed by atoms with van der Waals surface area (Å²) in [5.74, 6) is 0. The summed E-state index contributed by atoms with van der Waals surface area (Å²) in [6, 6.07) is 10.2. The van der Waals surface area contributed by atoms with Crippen LogP contribution >= 0.6 is 0 Å². The predicted molar refractivity (Wildman–Crippen MR) is 72.3 cm³/mol. The van der Waals surface area contributed by atoms with Gasteiger partial charge in [-0.2, -0.15) is 0 Å². The summed E-state index contributed by atoms with van der Waals surface area (Å²) in [6.07, 6.45) is 4.83. The molecule has 0 amide bonds. The maximum absolute atomic E-state index is 10.4. The Morgan fingerprint density at radius 1 is 1.28 bits per heavy atom. The second kappa shape index (κ2) is 5.04. The van der Waals surface area contributed by atoms with E-state index in [9.17, 15) is 5.11 Å². The van der Waals surface area contributed by atoms with E-state index >= 15 is 0 Å². The SMILES string of the molecule is OC(c1ccc2ncccc2c1)C1CCCCN1. The first-order valence-corrected chi connectivity index (χ1v) is 6.61. The van der Waals surface area contributed by atoms with Gasteiger partial charge >= 0.3 is 0 Å². The molecule has 1 saturated heterocycles. The first-order valence-electron chi connectivity index (χ1n) is 6.61. The molecule has 2 unspecified atom stereocenters. The fourth-order valence-electron chi connectivity index (χ4n) is 2.66. The third-order valence-electron chi connectivity index (χ3n) is 3.70. The molecule has 1 fully saturated rings. The summed E-state index contributed by atoms with van der Waals surface area (Å²) in [7, 11) is 0. The number of aromatic nitrogens is 1. The largest absolute Gasteiger partial charge is 0.387 e.